The van der Waals surface area contributed by atoms with E-state index in [0.29, 0.717) is 17.8 Å². The van der Waals surface area contributed by atoms with Crippen molar-refractivity contribution in [3.63, 3.8) is 0 Å². The van der Waals surface area contributed by atoms with Gasteiger partial charge in [-0.05, 0) is 30.6 Å². The summed E-state index contributed by atoms with van der Waals surface area (Å²) in [5.74, 6) is 0.961. The summed E-state index contributed by atoms with van der Waals surface area (Å²) >= 11 is 0. The van der Waals surface area contributed by atoms with Crippen molar-refractivity contribution < 1.29 is 9.59 Å². The van der Waals surface area contributed by atoms with Crippen LogP contribution >= 0.6 is 0 Å². The average Bonchev–Trinajstić information content (AvgIpc) is 2.12. The average molecular weight is 226 g/mol. The summed E-state index contributed by atoms with van der Waals surface area (Å²) in [5, 5.41) is 2.61. The maximum atomic E-state index is 11.9. The zero-order chi connectivity index (χ0) is 12.3. The number of nitrogens with two attached hydrogens (primary N) is 1. The van der Waals surface area contributed by atoms with Gasteiger partial charge in [0.05, 0.1) is 6.54 Å². The van der Waals surface area contributed by atoms with Crippen LogP contribution < -0.4 is 11.1 Å². The molecular formula is C12H22N2O2. The summed E-state index contributed by atoms with van der Waals surface area (Å²) in [6.45, 7) is 6.40. The van der Waals surface area contributed by atoms with Gasteiger partial charge >= 0.3 is 0 Å². The molecule has 1 saturated carbocycles. The minimum atomic E-state index is -0.488. The van der Waals surface area contributed by atoms with Gasteiger partial charge in [0.2, 0.25) is 11.8 Å². The Hall–Kier alpha value is -1.06. The smallest absolute Gasteiger partial charge is 0.236 e. The Kier molecular flexibility index (Phi) is 4.33. The highest BCUT2D eigenvalue weighted by molar-refractivity contribution is 5.85. The lowest BCUT2D eigenvalue weighted by atomic mass is 9.69. The Balaban J connectivity index is 2.56. The largest absolute Gasteiger partial charge is 0.368 e. The standard InChI is InChI=1S/C12H22N2O2/c1-7-4-8(2)11(9(3)5-7)12(16)14-6-10(13)15/h7-9,11H,4-6H2,1-3H3,(H2,13,15)(H,14,16)/t7?,8-,9+,11?. The zero-order valence-electron chi connectivity index (χ0n) is 10.3. The molecule has 4 atom stereocenters. The van der Waals surface area contributed by atoms with Crippen LogP contribution in [0.25, 0.3) is 0 Å². The molecule has 92 valence electrons. The minimum Gasteiger partial charge on any atom is -0.368 e. The van der Waals surface area contributed by atoms with Crippen molar-refractivity contribution in [3.8, 4) is 0 Å². The molecule has 1 aliphatic carbocycles. The number of hydrogen-bond acceptors (Lipinski definition) is 2. The van der Waals surface area contributed by atoms with Gasteiger partial charge in [0, 0.05) is 5.92 Å². The van der Waals surface area contributed by atoms with E-state index in [0.717, 1.165) is 12.8 Å². The summed E-state index contributed by atoms with van der Waals surface area (Å²) in [6.07, 6.45) is 2.16. The van der Waals surface area contributed by atoms with E-state index in [9.17, 15) is 9.59 Å². The first-order valence-electron chi connectivity index (χ1n) is 5.97. The third kappa shape index (κ3) is 3.22. The van der Waals surface area contributed by atoms with Crippen LogP contribution in [0.15, 0.2) is 0 Å². The molecule has 0 aromatic rings. The quantitative estimate of drug-likeness (QED) is 0.750. The van der Waals surface area contributed by atoms with Gasteiger partial charge in [-0.3, -0.25) is 9.59 Å². The molecule has 0 spiro atoms. The van der Waals surface area contributed by atoms with Crippen molar-refractivity contribution in [2.45, 2.75) is 33.6 Å². The van der Waals surface area contributed by atoms with Crippen molar-refractivity contribution in [3.05, 3.63) is 0 Å². The Morgan fingerprint density at radius 1 is 1.19 bits per heavy atom. The molecule has 1 aliphatic rings. The normalized spacial score (nSPS) is 34.4. The topological polar surface area (TPSA) is 72.2 Å². The molecule has 4 heteroatoms. The van der Waals surface area contributed by atoms with Crippen LogP contribution in [0.2, 0.25) is 0 Å². The van der Waals surface area contributed by atoms with E-state index in [1.165, 1.54) is 0 Å². The van der Waals surface area contributed by atoms with Crippen molar-refractivity contribution >= 4 is 11.8 Å². The Morgan fingerprint density at radius 3 is 2.12 bits per heavy atom. The second-order valence-corrected chi connectivity index (χ2v) is 5.24. The highest BCUT2D eigenvalue weighted by Crippen LogP contribution is 2.37. The Bertz CT molecular complexity index is 266. The van der Waals surface area contributed by atoms with Gasteiger partial charge in [-0.2, -0.15) is 0 Å². The van der Waals surface area contributed by atoms with E-state index in [4.69, 9.17) is 5.73 Å². The molecule has 4 nitrogen and oxygen atoms in total. The van der Waals surface area contributed by atoms with Gasteiger partial charge in [-0.25, -0.2) is 0 Å². The molecule has 1 rings (SSSR count). The monoisotopic (exact) mass is 226 g/mol. The minimum absolute atomic E-state index is 0.0225. The molecule has 1 fully saturated rings. The molecule has 0 bridgehead atoms. The fraction of sp³-hybridized carbons (Fsp3) is 0.833. The zero-order valence-corrected chi connectivity index (χ0v) is 10.3. The molecule has 16 heavy (non-hydrogen) atoms. The van der Waals surface area contributed by atoms with Gasteiger partial charge in [-0.15, -0.1) is 0 Å². The van der Waals surface area contributed by atoms with E-state index < -0.39 is 5.91 Å². The van der Waals surface area contributed by atoms with Crippen LogP contribution in [-0.4, -0.2) is 18.4 Å². The number of primary amides is 1. The molecule has 0 heterocycles. The number of carbonyl (C=O) groups is 2. The van der Waals surface area contributed by atoms with Crippen LogP contribution in [0.4, 0.5) is 0 Å². The number of rotatable bonds is 3. The van der Waals surface area contributed by atoms with Crippen LogP contribution in [0.3, 0.4) is 0 Å². The maximum Gasteiger partial charge on any atom is 0.236 e. The predicted octanol–water partition coefficient (Wildman–Crippen LogP) is 0.906. The molecule has 0 radical (unpaired) electrons. The molecule has 2 unspecified atom stereocenters. The lowest BCUT2D eigenvalue weighted by molar-refractivity contribution is -0.132. The highest BCUT2D eigenvalue weighted by atomic mass is 16.2. The van der Waals surface area contributed by atoms with E-state index >= 15 is 0 Å². The van der Waals surface area contributed by atoms with Crippen LogP contribution in [-0.2, 0) is 9.59 Å². The highest BCUT2D eigenvalue weighted by Gasteiger charge is 2.35. The van der Waals surface area contributed by atoms with Gasteiger partial charge in [0.25, 0.3) is 0 Å². The van der Waals surface area contributed by atoms with Gasteiger partial charge in [-0.1, -0.05) is 20.8 Å². The van der Waals surface area contributed by atoms with E-state index in [1.807, 2.05) is 0 Å². The molecule has 3 N–H and O–H groups in total. The van der Waals surface area contributed by atoms with Crippen LogP contribution in [0.5, 0.6) is 0 Å². The van der Waals surface area contributed by atoms with Crippen LogP contribution in [0.1, 0.15) is 33.6 Å². The molecular weight excluding hydrogens is 204 g/mol. The van der Waals surface area contributed by atoms with Crippen molar-refractivity contribution in [2.24, 2.45) is 29.4 Å². The molecule has 0 saturated heterocycles. The van der Waals surface area contributed by atoms with Crippen molar-refractivity contribution in [2.75, 3.05) is 6.54 Å². The van der Waals surface area contributed by atoms with Gasteiger partial charge in [0.1, 0.15) is 0 Å². The summed E-state index contributed by atoms with van der Waals surface area (Å²) in [7, 11) is 0. The second-order valence-electron chi connectivity index (χ2n) is 5.24. The van der Waals surface area contributed by atoms with Gasteiger partial charge in [0.15, 0.2) is 0 Å². The fourth-order valence-electron chi connectivity index (χ4n) is 3.03. The number of carbonyl (C=O) groups excluding carboxylic acids is 2. The number of amides is 2. The van der Waals surface area contributed by atoms with E-state index in [1.54, 1.807) is 0 Å². The Morgan fingerprint density at radius 2 is 1.69 bits per heavy atom. The number of nitrogens with one attached hydrogen (secondary N) is 1. The van der Waals surface area contributed by atoms with Crippen molar-refractivity contribution in [1.82, 2.24) is 5.32 Å². The first-order valence-corrected chi connectivity index (χ1v) is 5.97. The molecule has 0 aromatic carbocycles. The van der Waals surface area contributed by atoms with Crippen LogP contribution in [0, 0.1) is 23.7 Å². The number of hydrogen-bond donors (Lipinski definition) is 2. The fourth-order valence-corrected chi connectivity index (χ4v) is 3.03. The summed E-state index contributed by atoms with van der Waals surface area (Å²) in [4.78, 5) is 22.5. The third-order valence-electron chi connectivity index (χ3n) is 3.51. The second kappa shape index (κ2) is 5.32. The van der Waals surface area contributed by atoms with Crippen molar-refractivity contribution in [1.29, 1.82) is 0 Å². The first kappa shape index (κ1) is 13.0. The lowest BCUT2D eigenvalue weighted by Crippen LogP contribution is -2.44. The van der Waals surface area contributed by atoms with Gasteiger partial charge < -0.3 is 11.1 Å². The first-order chi connectivity index (χ1) is 7.41. The molecule has 0 aliphatic heterocycles. The predicted molar refractivity (Wildman–Crippen MR) is 62.4 cm³/mol. The SMILES string of the molecule is CC1C[C@@H](C)C(C(=O)NCC(N)=O)[C@@H](C)C1. The summed E-state index contributed by atoms with van der Waals surface area (Å²) in [6, 6.07) is 0. The molecule has 2 amide bonds. The molecule has 0 aromatic heterocycles. The Labute approximate surface area is 97.0 Å². The van der Waals surface area contributed by atoms with E-state index in [2.05, 4.69) is 26.1 Å². The maximum absolute atomic E-state index is 11.9. The summed E-state index contributed by atoms with van der Waals surface area (Å²) < 4.78 is 0. The van der Waals surface area contributed by atoms with E-state index in [-0.39, 0.29) is 18.4 Å². The summed E-state index contributed by atoms with van der Waals surface area (Å²) in [5.41, 5.74) is 5.01. The lowest BCUT2D eigenvalue weighted by Gasteiger charge is -2.36. The third-order valence-corrected chi connectivity index (χ3v) is 3.51.